The summed E-state index contributed by atoms with van der Waals surface area (Å²) in [6, 6.07) is 6.76. The minimum absolute atomic E-state index is 0.200. The van der Waals surface area contributed by atoms with Crippen molar-refractivity contribution in [1.82, 2.24) is 9.62 Å². The molecule has 7 heteroatoms. The molecule has 1 aromatic carbocycles. The fraction of sp³-hybridized carbons (Fsp3) is 0.462. The molecule has 1 fully saturated rings. The topological polar surface area (TPSA) is 66.5 Å². The van der Waals surface area contributed by atoms with Crippen molar-refractivity contribution in [3.05, 3.63) is 34.9 Å². The molecule has 110 valence electrons. The summed E-state index contributed by atoms with van der Waals surface area (Å²) in [5, 5.41) is 3.08. The van der Waals surface area contributed by atoms with Crippen molar-refractivity contribution in [3.8, 4) is 0 Å². The lowest BCUT2D eigenvalue weighted by Crippen LogP contribution is -2.42. The molecule has 0 radical (unpaired) electrons. The maximum atomic E-state index is 11.9. The first-order valence-electron chi connectivity index (χ1n) is 6.51. The first-order valence-corrected chi connectivity index (χ1v) is 8.50. The van der Waals surface area contributed by atoms with Crippen LogP contribution in [-0.4, -0.2) is 44.0 Å². The van der Waals surface area contributed by atoms with Crippen LogP contribution in [0, 0.1) is 0 Å². The number of carbonyl (C=O) groups excluding carboxylic acids is 1. The normalized spacial score (nSPS) is 18.6. The third-order valence-electron chi connectivity index (χ3n) is 3.22. The van der Waals surface area contributed by atoms with Gasteiger partial charge in [-0.25, -0.2) is 12.7 Å². The maximum absolute atomic E-state index is 11.9. The summed E-state index contributed by atoms with van der Waals surface area (Å²) in [4.78, 5) is 11.9. The molecule has 5 nitrogen and oxygen atoms in total. The number of carbonyl (C=O) groups is 1. The fourth-order valence-corrected chi connectivity index (χ4v) is 3.95. The van der Waals surface area contributed by atoms with Gasteiger partial charge < -0.3 is 5.32 Å². The van der Waals surface area contributed by atoms with Crippen LogP contribution in [0.15, 0.2) is 24.3 Å². The van der Waals surface area contributed by atoms with Gasteiger partial charge in [0, 0.05) is 19.6 Å². The van der Waals surface area contributed by atoms with Crippen LogP contribution >= 0.6 is 11.6 Å². The van der Waals surface area contributed by atoms with Gasteiger partial charge in [-0.05, 0) is 25.0 Å². The number of halogens is 1. The SMILES string of the molecule is O=C(NCCN1CCCCS1(=O)=O)c1ccccc1Cl. The van der Waals surface area contributed by atoms with Crippen molar-refractivity contribution in [3.63, 3.8) is 0 Å². The summed E-state index contributed by atoms with van der Waals surface area (Å²) >= 11 is 5.92. The van der Waals surface area contributed by atoms with Crippen molar-refractivity contribution < 1.29 is 13.2 Å². The molecule has 1 aliphatic rings. The van der Waals surface area contributed by atoms with Crippen molar-refractivity contribution in [2.75, 3.05) is 25.4 Å². The Hall–Kier alpha value is -1.11. The second kappa shape index (κ2) is 6.56. The smallest absolute Gasteiger partial charge is 0.252 e. The van der Waals surface area contributed by atoms with E-state index in [0.717, 1.165) is 6.42 Å². The summed E-state index contributed by atoms with van der Waals surface area (Å²) in [5.74, 6) is -0.0872. The van der Waals surface area contributed by atoms with E-state index in [2.05, 4.69) is 5.32 Å². The molecule has 20 heavy (non-hydrogen) atoms. The molecule has 1 heterocycles. The summed E-state index contributed by atoms with van der Waals surface area (Å²) in [7, 11) is -3.14. The lowest BCUT2D eigenvalue weighted by molar-refractivity contribution is 0.0951. The molecule has 0 bridgehead atoms. The van der Waals surface area contributed by atoms with Crippen molar-refractivity contribution in [2.24, 2.45) is 0 Å². The summed E-state index contributed by atoms with van der Waals surface area (Å²) in [5.41, 5.74) is 0.399. The Morgan fingerprint density at radius 1 is 1.30 bits per heavy atom. The van der Waals surface area contributed by atoms with Gasteiger partial charge in [0.2, 0.25) is 10.0 Å². The molecule has 0 saturated carbocycles. The second-order valence-electron chi connectivity index (χ2n) is 4.66. The second-order valence-corrected chi connectivity index (χ2v) is 7.15. The summed E-state index contributed by atoms with van der Waals surface area (Å²) in [6.07, 6.45) is 1.59. The third kappa shape index (κ3) is 3.71. The third-order valence-corrected chi connectivity index (χ3v) is 5.50. The van der Waals surface area contributed by atoms with Gasteiger partial charge in [-0.1, -0.05) is 23.7 Å². The van der Waals surface area contributed by atoms with E-state index in [4.69, 9.17) is 11.6 Å². The molecule has 0 atom stereocenters. The zero-order chi connectivity index (χ0) is 14.6. The molecule has 0 spiro atoms. The van der Waals surface area contributed by atoms with E-state index < -0.39 is 10.0 Å². The number of hydrogen-bond acceptors (Lipinski definition) is 3. The molecule has 1 aromatic rings. The highest BCUT2D eigenvalue weighted by Gasteiger charge is 2.25. The van der Waals surface area contributed by atoms with Crippen LogP contribution in [0.2, 0.25) is 5.02 Å². The first-order chi connectivity index (χ1) is 9.50. The first kappa shape index (κ1) is 15.3. The highest BCUT2D eigenvalue weighted by Crippen LogP contribution is 2.15. The number of benzene rings is 1. The molecule has 0 aliphatic carbocycles. The van der Waals surface area contributed by atoms with E-state index >= 15 is 0 Å². The Labute approximate surface area is 124 Å². The van der Waals surface area contributed by atoms with Crippen molar-refractivity contribution >= 4 is 27.5 Å². The van der Waals surface area contributed by atoms with Gasteiger partial charge in [0.05, 0.1) is 16.3 Å². The van der Waals surface area contributed by atoms with Crippen LogP contribution in [0.25, 0.3) is 0 Å². The van der Waals surface area contributed by atoms with Gasteiger partial charge in [-0.15, -0.1) is 0 Å². The number of amides is 1. The Balaban J connectivity index is 1.87. The lowest BCUT2D eigenvalue weighted by atomic mass is 10.2. The highest BCUT2D eigenvalue weighted by molar-refractivity contribution is 7.89. The van der Waals surface area contributed by atoms with E-state index in [1.165, 1.54) is 4.31 Å². The molecule has 1 N–H and O–H groups in total. The zero-order valence-electron chi connectivity index (χ0n) is 11.0. The predicted octanol–water partition coefficient (Wildman–Crippen LogP) is 1.50. The Morgan fingerprint density at radius 3 is 2.75 bits per heavy atom. The predicted molar refractivity (Wildman–Crippen MR) is 78.4 cm³/mol. The summed E-state index contributed by atoms with van der Waals surface area (Å²) in [6.45, 7) is 1.12. The average molecular weight is 317 g/mol. The highest BCUT2D eigenvalue weighted by atomic mass is 35.5. The van der Waals surface area contributed by atoms with Gasteiger partial charge in [-0.2, -0.15) is 0 Å². The Kier molecular flexibility index (Phi) is 5.01. The largest absolute Gasteiger partial charge is 0.351 e. The molecule has 2 rings (SSSR count). The van der Waals surface area contributed by atoms with Crippen LogP contribution in [0.1, 0.15) is 23.2 Å². The van der Waals surface area contributed by atoms with Gasteiger partial charge >= 0.3 is 0 Å². The molecular formula is C13H17ClN2O3S. The molecule has 1 aliphatic heterocycles. The van der Waals surface area contributed by atoms with E-state index in [1.54, 1.807) is 24.3 Å². The number of nitrogens with one attached hydrogen (secondary N) is 1. The van der Waals surface area contributed by atoms with Gasteiger partial charge in [0.1, 0.15) is 0 Å². The molecule has 0 unspecified atom stereocenters. The van der Waals surface area contributed by atoms with E-state index in [0.29, 0.717) is 30.1 Å². The fourth-order valence-electron chi connectivity index (χ4n) is 2.13. The van der Waals surface area contributed by atoms with Gasteiger partial charge in [0.25, 0.3) is 5.91 Å². The Morgan fingerprint density at radius 2 is 2.05 bits per heavy atom. The number of hydrogen-bond donors (Lipinski definition) is 1. The average Bonchev–Trinajstić information content (AvgIpc) is 2.41. The summed E-state index contributed by atoms with van der Waals surface area (Å²) < 4.78 is 25.0. The van der Waals surface area contributed by atoms with Crippen molar-refractivity contribution in [2.45, 2.75) is 12.8 Å². The Bertz CT molecular complexity index is 589. The molecule has 1 amide bonds. The van der Waals surface area contributed by atoms with Crippen LogP contribution in [0.3, 0.4) is 0 Å². The van der Waals surface area contributed by atoms with E-state index in [9.17, 15) is 13.2 Å². The number of sulfonamides is 1. The van der Waals surface area contributed by atoms with Crippen molar-refractivity contribution in [1.29, 1.82) is 0 Å². The standard InChI is InChI=1S/C13H17ClN2O3S/c14-12-6-2-1-5-11(12)13(17)15-7-9-16-8-3-4-10-20(16,18)19/h1-2,5-6H,3-4,7-10H2,(H,15,17). The molecule has 0 aromatic heterocycles. The monoisotopic (exact) mass is 316 g/mol. The van der Waals surface area contributed by atoms with Gasteiger partial charge in [0.15, 0.2) is 0 Å². The van der Waals surface area contributed by atoms with Crippen LogP contribution < -0.4 is 5.32 Å². The minimum Gasteiger partial charge on any atom is -0.351 e. The maximum Gasteiger partial charge on any atom is 0.252 e. The van der Waals surface area contributed by atoms with E-state index in [-0.39, 0.29) is 18.2 Å². The van der Waals surface area contributed by atoms with Crippen LogP contribution in [0.4, 0.5) is 0 Å². The minimum atomic E-state index is -3.14. The number of nitrogens with zero attached hydrogens (tertiary/aromatic N) is 1. The van der Waals surface area contributed by atoms with E-state index in [1.807, 2.05) is 0 Å². The lowest BCUT2D eigenvalue weighted by Gasteiger charge is -2.26. The zero-order valence-corrected chi connectivity index (χ0v) is 12.6. The molecule has 1 saturated heterocycles. The number of rotatable bonds is 4. The van der Waals surface area contributed by atoms with Crippen LogP contribution in [-0.2, 0) is 10.0 Å². The molecular weight excluding hydrogens is 300 g/mol. The van der Waals surface area contributed by atoms with Gasteiger partial charge in [-0.3, -0.25) is 4.79 Å². The quantitative estimate of drug-likeness (QED) is 0.915. The van der Waals surface area contributed by atoms with Crippen LogP contribution in [0.5, 0.6) is 0 Å².